The number of hydrogen-bond donors (Lipinski definition) is 1. The molecule has 1 N–H and O–H groups in total. The molecule has 6 nitrogen and oxygen atoms in total. The Kier molecular flexibility index (Phi) is 5.15. The molecule has 1 aromatic heterocycles. The molecule has 0 unspecified atom stereocenters. The van der Waals surface area contributed by atoms with Gasteiger partial charge in [0.15, 0.2) is 0 Å². The number of amides is 1. The Morgan fingerprint density at radius 3 is 2.20 bits per heavy atom. The van der Waals surface area contributed by atoms with Crippen LogP contribution in [0, 0.1) is 0 Å². The summed E-state index contributed by atoms with van der Waals surface area (Å²) in [6.07, 6.45) is 3.15. The number of rotatable bonds is 5. The predicted molar refractivity (Wildman–Crippen MR) is 95.7 cm³/mol. The molecule has 0 bridgehead atoms. The Labute approximate surface area is 152 Å². The van der Waals surface area contributed by atoms with Gasteiger partial charge < -0.3 is 10.1 Å². The summed E-state index contributed by atoms with van der Waals surface area (Å²) in [5, 5.41) is 2.56. The van der Waals surface area contributed by atoms with Gasteiger partial charge in [-0.2, -0.15) is 0 Å². The van der Waals surface area contributed by atoms with Crippen molar-refractivity contribution in [2.45, 2.75) is 0 Å². The zero-order valence-corrected chi connectivity index (χ0v) is 14.4. The minimum atomic E-state index is -0.706. The molecule has 0 fully saturated rings. The SMILES string of the molecule is O=C(Nc1ccc(Oc2ncccn2)cc1)C(=O)c1ccc(Br)cc1. The minimum absolute atomic E-state index is 0.227. The fourth-order valence-electron chi connectivity index (χ4n) is 1.97. The molecule has 0 saturated heterocycles. The van der Waals surface area contributed by atoms with E-state index in [-0.39, 0.29) is 6.01 Å². The number of hydrogen-bond acceptors (Lipinski definition) is 5. The standard InChI is InChI=1S/C18H12BrN3O3/c19-13-4-2-12(3-5-13)16(23)17(24)22-14-6-8-15(9-7-14)25-18-20-10-1-11-21-18/h1-11H,(H,22,24). The quantitative estimate of drug-likeness (QED) is 0.522. The van der Waals surface area contributed by atoms with Crippen LogP contribution in [0.2, 0.25) is 0 Å². The number of Topliss-reactive ketones (excluding diaryl/α,β-unsaturated/α-hetero) is 1. The van der Waals surface area contributed by atoms with Crippen molar-refractivity contribution in [3.8, 4) is 11.8 Å². The number of ether oxygens (including phenoxy) is 1. The van der Waals surface area contributed by atoms with Gasteiger partial charge in [0.05, 0.1) is 0 Å². The van der Waals surface area contributed by atoms with Gasteiger partial charge in [0, 0.05) is 28.1 Å². The Morgan fingerprint density at radius 2 is 1.56 bits per heavy atom. The molecule has 2 aromatic carbocycles. The number of aromatic nitrogens is 2. The molecule has 0 aliphatic heterocycles. The molecule has 124 valence electrons. The van der Waals surface area contributed by atoms with Crippen molar-refractivity contribution in [3.63, 3.8) is 0 Å². The summed E-state index contributed by atoms with van der Waals surface area (Å²) in [6, 6.07) is 15.1. The van der Waals surface area contributed by atoms with Gasteiger partial charge in [0.1, 0.15) is 5.75 Å². The molecular weight excluding hydrogens is 386 g/mol. The molecule has 0 saturated carbocycles. The molecule has 7 heteroatoms. The average molecular weight is 398 g/mol. The molecule has 0 atom stereocenters. The van der Waals surface area contributed by atoms with Crippen LogP contribution < -0.4 is 10.1 Å². The fraction of sp³-hybridized carbons (Fsp3) is 0. The van der Waals surface area contributed by atoms with Crippen molar-refractivity contribution in [1.29, 1.82) is 0 Å². The maximum atomic E-state index is 12.1. The number of nitrogens with zero attached hydrogens (tertiary/aromatic N) is 2. The third-order valence-electron chi connectivity index (χ3n) is 3.18. The van der Waals surface area contributed by atoms with Crippen LogP contribution in [0.3, 0.4) is 0 Å². The van der Waals surface area contributed by atoms with Gasteiger partial charge >= 0.3 is 6.01 Å². The van der Waals surface area contributed by atoms with Gasteiger partial charge in [0.25, 0.3) is 11.7 Å². The second-order valence-corrected chi connectivity index (χ2v) is 5.86. The van der Waals surface area contributed by atoms with E-state index in [1.54, 1.807) is 67.0 Å². The van der Waals surface area contributed by atoms with Crippen LogP contribution in [0.25, 0.3) is 0 Å². The lowest BCUT2D eigenvalue weighted by Crippen LogP contribution is -2.22. The highest BCUT2D eigenvalue weighted by Crippen LogP contribution is 2.20. The van der Waals surface area contributed by atoms with E-state index in [2.05, 4.69) is 31.2 Å². The monoisotopic (exact) mass is 397 g/mol. The number of anilines is 1. The number of carbonyl (C=O) groups excluding carboxylic acids is 2. The predicted octanol–water partition coefficient (Wildman–Crippen LogP) is 3.85. The zero-order chi connectivity index (χ0) is 17.6. The van der Waals surface area contributed by atoms with Crippen LogP contribution in [0.1, 0.15) is 10.4 Å². The molecule has 3 rings (SSSR count). The van der Waals surface area contributed by atoms with Crippen LogP contribution in [0.15, 0.2) is 71.5 Å². The number of benzene rings is 2. The summed E-state index contributed by atoms with van der Waals surface area (Å²) >= 11 is 3.28. The van der Waals surface area contributed by atoms with Crippen molar-refractivity contribution in [3.05, 3.63) is 77.0 Å². The minimum Gasteiger partial charge on any atom is -0.424 e. The van der Waals surface area contributed by atoms with Crippen LogP contribution >= 0.6 is 15.9 Å². The summed E-state index contributed by atoms with van der Waals surface area (Å²) < 4.78 is 6.30. The molecule has 0 aliphatic carbocycles. The third kappa shape index (κ3) is 4.48. The maximum absolute atomic E-state index is 12.1. The Bertz CT molecular complexity index is 882. The van der Waals surface area contributed by atoms with Crippen LogP contribution in [-0.4, -0.2) is 21.7 Å². The molecule has 3 aromatic rings. The molecular formula is C18H12BrN3O3. The second kappa shape index (κ2) is 7.67. The highest BCUT2D eigenvalue weighted by molar-refractivity contribution is 9.10. The first kappa shape index (κ1) is 16.8. The van der Waals surface area contributed by atoms with Crippen LogP contribution in [0.4, 0.5) is 5.69 Å². The van der Waals surface area contributed by atoms with Crippen molar-refractivity contribution >= 4 is 33.3 Å². The summed E-state index contributed by atoms with van der Waals surface area (Å²) in [6.45, 7) is 0. The fourth-order valence-corrected chi connectivity index (χ4v) is 2.23. The molecule has 0 aliphatic rings. The molecule has 0 spiro atoms. The van der Waals surface area contributed by atoms with Crippen molar-refractivity contribution in [2.75, 3.05) is 5.32 Å². The van der Waals surface area contributed by atoms with E-state index in [0.717, 1.165) is 4.47 Å². The van der Waals surface area contributed by atoms with E-state index >= 15 is 0 Å². The largest absolute Gasteiger partial charge is 0.424 e. The van der Waals surface area contributed by atoms with Gasteiger partial charge in [-0.25, -0.2) is 9.97 Å². The first-order valence-corrected chi connectivity index (χ1v) is 8.07. The summed E-state index contributed by atoms with van der Waals surface area (Å²) in [4.78, 5) is 32.1. The molecule has 0 radical (unpaired) electrons. The van der Waals surface area contributed by atoms with E-state index in [1.807, 2.05) is 0 Å². The average Bonchev–Trinajstić information content (AvgIpc) is 2.64. The first-order valence-electron chi connectivity index (χ1n) is 7.28. The van der Waals surface area contributed by atoms with E-state index in [9.17, 15) is 9.59 Å². The Hall–Kier alpha value is -3.06. The van der Waals surface area contributed by atoms with E-state index in [4.69, 9.17) is 4.74 Å². The van der Waals surface area contributed by atoms with Gasteiger partial charge in [0.2, 0.25) is 0 Å². The maximum Gasteiger partial charge on any atom is 0.321 e. The van der Waals surface area contributed by atoms with Crippen molar-refractivity contribution < 1.29 is 14.3 Å². The number of nitrogens with one attached hydrogen (secondary N) is 1. The molecule has 1 heterocycles. The second-order valence-electron chi connectivity index (χ2n) is 4.95. The third-order valence-corrected chi connectivity index (χ3v) is 3.70. The number of halogens is 1. The number of carbonyl (C=O) groups is 2. The highest BCUT2D eigenvalue weighted by Gasteiger charge is 2.16. The molecule has 1 amide bonds. The summed E-state index contributed by atoms with van der Waals surface area (Å²) in [5.41, 5.74) is 0.804. The Morgan fingerprint density at radius 1 is 0.920 bits per heavy atom. The van der Waals surface area contributed by atoms with Gasteiger partial charge in [-0.05, 0) is 54.6 Å². The highest BCUT2D eigenvalue weighted by atomic mass is 79.9. The smallest absolute Gasteiger partial charge is 0.321 e. The lowest BCUT2D eigenvalue weighted by atomic mass is 10.1. The van der Waals surface area contributed by atoms with E-state index in [1.165, 1.54) is 0 Å². The van der Waals surface area contributed by atoms with Crippen LogP contribution in [-0.2, 0) is 4.79 Å². The lowest BCUT2D eigenvalue weighted by Gasteiger charge is -2.07. The lowest BCUT2D eigenvalue weighted by molar-refractivity contribution is -0.112. The van der Waals surface area contributed by atoms with E-state index in [0.29, 0.717) is 17.0 Å². The van der Waals surface area contributed by atoms with Gasteiger partial charge in [-0.3, -0.25) is 9.59 Å². The number of ketones is 1. The van der Waals surface area contributed by atoms with Gasteiger partial charge in [-0.1, -0.05) is 15.9 Å². The molecule has 25 heavy (non-hydrogen) atoms. The summed E-state index contributed by atoms with van der Waals surface area (Å²) in [7, 11) is 0. The van der Waals surface area contributed by atoms with Gasteiger partial charge in [-0.15, -0.1) is 0 Å². The van der Waals surface area contributed by atoms with Crippen molar-refractivity contribution in [2.24, 2.45) is 0 Å². The zero-order valence-electron chi connectivity index (χ0n) is 12.8. The summed E-state index contributed by atoms with van der Waals surface area (Å²) in [5.74, 6) is -0.795. The van der Waals surface area contributed by atoms with Crippen LogP contribution in [0.5, 0.6) is 11.8 Å². The first-order chi connectivity index (χ1) is 12.1. The van der Waals surface area contributed by atoms with E-state index < -0.39 is 11.7 Å². The normalized spacial score (nSPS) is 10.1. The Balaban J connectivity index is 1.63. The van der Waals surface area contributed by atoms with Crippen molar-refractivity contribution in [1.82, 2.24) is 9.97 Å². The topological polar surface area (TPSA) is 81.2 Å².